The molecule has 21 heavy (non-hydrogen) atoms. The Bertz CT molecular complexity index is 643. The molecule has 8 heteroatoms. The first-order valence-electron chi connectivity index (χ1n) is 6.54. The highest BCUT2D eigenvalue weighted by atomic mass is 79.9. The monoisotopic (exact) mass is 369 g/mol. The highest BCUT2D eigenvalue weighted by Gasteiger charge is 2.17. The topological polar surface area (TPSA) is 79.8 Å². The lowest BCUT2D eigenvalue weighted by atomic mass is 10.2. The number of nitrogens with zero attached hydrogens (tertiary/aromatic N) is 3. The van der Waals surface area contributed by atoms with Crippen LogP contribution in [0.15, 0.2) is 16.2 Å². The van der Waals surface area contributed by atoms with Crippen molar-refractivity contribution in [3.05, 3.63) is 27.7 Å². The van der Waals surface area contributed by atoms with Crippen LogP contribution in [0.25, 0.3) is 0 Å². The number of rotatable bonds is 5. The van der Waals surface area contributed by atoms with Crippen molar-refractivity contribution in [2.75, 3.05) is 17.2 Å². The van der Waals surface area contributed by atoms with Crippen molar-refractivity contribution in [2.24, 2.45) is 0 Å². The van der Waals surface area contributed by atoms with Crippen LogP contribution in [0, 0.1) is 0 Å². The van der Waals surface area contributed by atoms with Gasteiger partial charge in [-0.2, -0.15) is 0 Å². The molecule has 2 heterocycles. The zero-order valence-electron chi connectivity index (χ0n) is 12.0. The number of amides is 1. The second-order valence-electron chi connectivity index (χ2n) is 4.60. The van der Waals surface area contributed by atoms with Gasteiger partial charge in [-0.3, -0.25) is 10.1 Å². The van der Waals surface area contributed by atoms with Gasteiger partial charge in [-0.1, -0.05) is 25.2 Å². The minimum absolute atomic E-state index is 0.154. The van der Waals surface area contributed by atoms with E-state index in [4.69, 9.17) is 0 Å². The van der Waals surface area contributed by atoms with Gasteiger partial charge in [-0.15, -0.1) is 0 Å². The maximum absolute atomic E-state index is 12.4. The first kappa shape index (κ1) is 15.8. The highest BCUT2D eigenvalue weighted by Crippen LogP contribution is 2.24. The smallest absolute Gasteiger partial charge is 0.278 e. The molecule has 2 aromatic rings. The molecule has 0 aromatic carbocycles. The minimum atomic E-state index is -0.294. The second kappa shape index (κ2) is 6.95. The largest absolute Gasteiger partial charge is 0.382 e. The molecule has 0 atom stereocenters. The summed E-state index contributed by atoms with van der Waals surface area (Å²) in [6, 6.07) is 0. The van der Waals surface area contributed by atoms with Crippen LogP contribution in [0.1, 0.15) is 43.0 Å². The van der Waals surface area contributed by atoms with Crippen molar-refractivity contribution in [1.29, 1.82) is 0 Å². The summed E-state index contributed by atoms with van der Waals surface area (Å²) in [7, 11) is 0. The summed E-state index contributed by atoms with van der Waals surface area (Å²) in [6.45, 7) is 6.62. The molecular weight excluding hydrogens is 354 g/mol. The Kier molecular flexibility index (Phi) is 5.24. The van der Waals surface area contributed by atoms with E-state index < -0.39 is 0 Å². The maximum Gasteiger partial charge on any atom is 0.278 e. The molecule has 1 amide bonds. The molecule has 0 spiro atoms. The van der Waals surface area contributed by atoms with Crippen LogP contribution in [-0.4, -0.2) is 27.4 Å². The Labute approximate surface area is 135 Å². The molecule has 0 aliphatic heterocycles. The van der Waals surface area contributed by atoms with E-state index >= 15 is 0 Å². The fraction of sp³-hybridized carbons (Fsp3) is 0.385. The molecule has 2 rings (SSSR count). The lowest BCUT2D eigenvalue weighted by Gasteiger charge is -2.11. The van der Waals surface area contributed by atoms with Crippen LogP contribution in [-0.2, 0) is 0 Å². The SMILES string of the molecule is CCNc1cnc(C(C)C)nc1C(=O)Nc1ncc(Br)s1. The standard InChI is InChI=1S/C13H16BrN5OS/c1-4-15-8-5-16-11(7(2)3)18-10(8)12(20)19-13-17-6-9(14)21-13/h5-7,15H,4H2,1-3H3,(H,17,19,20). The molecule has 0 bridgehead atoms. The quantitative estimate of drug-likeness (QED) is 0.842. The van der Waals surface area contributed by atoms with Crippen molar-refractivity contribution < 1.29 is 4.79 Å². The summed E-state index contributed by atoms with van der Waals surface area (Å²) in [5, 5.41) is 6.38. The molecule has 2 aromatic heterocycles. The minimum Gasteiger partial charge on any atom is -0.382 e. The van der Waals surface area contributed by atoms with E-state index in [9.17, 15) is 4.79 Å². The molecule has 0 fully saturated rings. The zero-order valence-corrected chi connectivity index (χ0v) is 14.4. The summed E-state index contributed by atoms with van der Waals surface area (Å²) in [5.41, 5.74) is 0.955. The second-order valence-corrected chi connectivity index (χ2v) is 7.01. The highest BCUT2D eigenvalue weighted by molar-refractivity contribution is 9.11. The van der Waals surface area contributed by atoms with Crippen LogP contribution >= 0.6 is 27.3 Å². The normalized spacial score (nSPS) is 10.7. The number of aromatic nitrogens is 3. The Morgan fingerprint density at radius 2 is 2.14 bits per heavy atom. The Morgan fingerprint density at radius 3 is 2.71 bits per heavy atom. The van der Waals surface area contributed by atoms with E-state index in [0.29, 0.717) is 28.9 Å². The predicted molar refractivity (Wildman–Crippen MR) is 88.1 cm³/mol. The lowest BCUT2D eigenvalue weighted by Crippen LogP contribution is -2.18. The van der Waals surface area contributed by atoms with E-state index in [1.165, 1.54) is 11.3 Å². The average Bonchev–Trinajstić information content (AvgIpc) is 2.84. The molecule has 0 radical (unpaired) electrons. The van der Waals surface area contributed by atoms with Gasteiger partial charge in [0.05, 0.1) is 21.9 Å². The molecule has 0 saturated heterocycles. The molecule has 6 nitrogen and oxygen atoms in total. The summed E-state index contributed by atoms with van der Waals surface area (Å²) in [6.07, 6.45) is 3.30. The zero-order chi connectivity index (χ0) is 15.4. The third-order valence-corrected chi connectivity index (χ3v) is 4.00. The van der Waals surface area contributed by atoms with E-state index in [1.807, 2.05) is 20.8 Å². The number of hydrogen-bond donors (Lipinski definition) is 2. The first-order valence-corrected chi connectivity index (χ1v) is 8.15. The summed E-state index contributed by atoms with van der Waals surface area (Å²) < 4.78 is 0.857. The number of carbonyl (C=O) groups excluding carboxylic acids is 1. The molecule has 2 N–H and O–H groups in total. The Balaban J connectivity index is 2.30. The van der Waals surface area contributed by atoms with Crippen molar-refractivity contribution in [2.45, 2.75) is 26.7 Å². The average molecular weight is 370 g/mol. The first-order chi connectivity index (χ1) is 10.0. The molecule has 0 unspecified atom stereocenters. The van der Waals surface area contributed by atoms with Gasteiger partial charge >= 0.3 is 0 Å². The number of hydrogen-bond acceptors (Lipinski definition) is 6. The Morgan fingerprint density at radius 1 is 1.38 bits per heavy atom. The van der Waals surface area contributed by atoms with Gasteiger partial charge in [0.2, 0.25) is 0 Å². The third-order valence-electron chi connectivity index (χ3n) is 2.60. The summed E-state index contributed by atoms with van der Waals surface area (Å²) in [4.78, 5) is 25.1. The van der Waals surface area contributed by atoms with Crippen molar-refractivity contribution in [3.63, 3.8) is 0 Å². The Hall–Kier alpha value is -1.54. The lowest BCUT2D eigenvalue weighted by molar-refractivity contribution is 0.102. The van der Waals surface area contributed by atoms with Gasteiger partial charge in [-0.05, 0) is 22.9 Å². The van der Waals surface area contributed by atoms with Gasteiger partial charge in [0.25, 0.3) is 5.91 Å². The van der Waals surface area contributed by atoms with Crippen LogP contribution in [0.3, 0.4) is 0 Å². The van der Waals surface area contributed by atoms with Gasteiger partial charge in [0.1, 0.15) is 5.82 Å². The fourth-order valence-corrected chi connectivity index (χ4v) is 2.74. The van der Waals surface area contributed by atoms with Gasteiger partial charge < -0.3 is 5.32 Å². The van der Waals surface area contributed by atoms with Crippen LogP contribution in [0.4, 0.5) is 10.8 Å². The maximum atomic E-state index is 12.4. The molecule has 0 saturated carbocycles. The van der Waals surface area contributed by atoms with E-state index in [1.54, 1.807) is 12.4 Å². The number of anilines is 2. The molecule has 0 aliphatic rings. The molecular formula is C13H16BrN5OS. The van der Waals surface area contributed by atoms with E-state index in [0.717, 1.165) is 3.79 Å². The van der Waals surface area contributed by atoms with Crippen LogP contribution in [0.5, 0.6) is 0 Å². The van der Waals surface area contributed by atoms with Crippen molar-refractivity contribution in [1.82, 2.24) is 15.0 Å². The summed E-state index contributed by atoms with van der Waals surface area (Å²) >= 11 is 4.67. The predicted octanol–water partition coefficient (Wildman–Crippen LogP) is 3.50. The van der Waals surface area contributed by atoms with Crippen molar-refractivity contribution in [3.8, 4) is 0 Å². The van der Waals surface area contributed by atoms with E-state index in [-0.39, 0.29) is 11.8 Å². The van der Waals surface area contributed by atoms with E-state index in [2.05, 4.69) is 41.5 Å². The van der Waals surface area contributed by atoms with Gasteiger partial charge in [0.15, 0.2) is 10.8 Å². The molecule has 112 valence electrons. The fourth-order valence-electron chi connectivity index (χ4n) is 1.64. The van der Waals surface area contributed by atoms with Crippen molar-refractivity contribution >= 4 is 44.0 Å². The summed E-state index contributed by atoms with van der Waals surface area (Å²) in [5.74, 6) is 0.500. The number of halogens is 1. The molecule has 0 aliphatic carbocycles. The number of nitrogens with one attached hydrogen (secondary N) is 2. The van der Waals surface area contributed by atoms with Crippen LogP contribution < -0.4 is 10.6 Å². The number of carbonyl (C=O) groups is 1. The third kappa shape index (κ3) is 3.98. The van der Waals surface area contributed by atoms with Gasteiger partial charge in [0, 0.05) is 12.5 Å². The number of thiazole rings is 1. The van der Waals surface area contributed by atoms with Gasteiger partial charge in [-0.25, -0.2) is 15.0 Å². The van der Waals surface area contributed by atoms with Crippen LogP contribution in [0.2, 0.25) is 0 Å².